The first-order valence-corrected chi connectivity index (χ1v) is 5.60. The summed E-state index contributed by atoms with van der Waals surface area (Å²) in [5, 5.41) is 2.82. The predicted octanol–water partition coefficient (Wildman–Crippen LogP) is 0.422. The molecule has 1 aliphatic rings. The highest BCUT2D eigenvalue weighted by Crippen LogP contribution is 2.09. The number of piperazine rings is 1. The van der Waals surface area contributed by atoms with Crippen LogP contribution in [0.4, 0.5) is 0 Å². The third-order valence-corrected chi connectivity index (χ3v) is 2.83. The normalized spacial score (nSPS) is 22.9. The van der Waals surface area contributed by atoms with E-state index in [1.54, 1.807) is 0 Å². The number of Topliss-reactive ketones (excluding diaryl/α,β-unsaturated/α-hetero) is 1. The van der Waals surface area contributed by atoms with Gasteiger partial charge in [-0.05, 0) is 6.42 Å². The molecule has 4 nitrogen and oxygen atoms in total. The lowest BCUT2D eigenvalue weighted by atomic mass is 10.1. The Morgan fingerprint density at radius 3 is 2.80 bits per heavy atom. The summed E-state index contributed by atoms with van der Waals surface area (Å²) in [5.41, 5.74) is 0. The molecule has 1 unspecified atom stereocenters. The monoisotopic (exact) mass is 212 g/mol. The molecule has 0 saturated carbocycles. The maximum atomic E-state index is 11.6. The van der Waals surface area contributed by atoms with E-state index < -0.39 is 0 Å². The number of carbonyl (C=O) groups is 2. The Morgan fingerprint density at radius 1 is 1.60 bits per heavy atom. The van der Waals surface area contributed by atoms with Crippen LogP contribution in [0.15, 0.2) is 0 Å². The molecule has 1 saturated heterocycles. The number of hydrogen-bond donors (Lipinski definition) is 1. The molecular formula is C11H20N2O2. The standard InChI is InChI=1S/C11H20N2O2/c1-4-9-11(15)12-5-6-13(9)7-10(14)8(2)3/h8-9H,4-7H2,1-3H3,(H,12,15). The zero-order valence-electron chi connectivity index (χ0n) is 9.75. The molecule has 1 aliphatic heterocycles. The van der Waals surface area contributed by atoms with Gasteiger partial charge in [0.1, 0.15) is 5.78 Å². The molecular weight excluding hydrogens is 192 g/mol. The second-order valence-electron chi connectivity index (χ2n) is 4.31. The molecule has 1 rings (SSSR count). The summed E-state index contributed by atoms with van der Waals surface area (Å²) >= 11 is 0. The molecule has 0 bridgehead atoms. The first kappa shape index (κ1) is 12.2. The van der Waals surface area contributed by atoms with Crippen molar-refractivity contribution < 1.29 is 9.59 Å². The van der Waals surface area contributed by atoms with E-state index in [1.807, 2.05) is 25.7 Å². The van der Waals surface area contributed by atoms with Crippen molar-refractivity contribution in [1.82, 2.24) is 10.2 Å². The Bertz CT molecular complexity index is 251. The first-order chi connectivity index (χ1) is 7.06. The molecule has 4 heteroatoms. The molecule has 0 aromatic carbocycles. The molecule has 0 aromatic heterocycles. The summed E-state index contributed by atoms with van der Waals surface area (Å²) in [4.78, 5) is 25.1. The van der Waals surface area contributed by atoms with Gasteiger partial charge >= 0.3 is 0 Å². The van der Waals surface area contributed by atoms with Crippen molar-refractivity contribution >= 4 is 11.7 Å². The average Bonchev–Trinajstić information content (AvgIpc) is 2.18. The number of hydrogen-bond acceptors (Lipinski definition) is 3. The van der Waals surface area contributed by atoms with E-state index >= 15 is 0 Å². The van der Waals surface area contributed by atoms with Gasteiger partial charge in [-0.15, -0.1) is 0 Å². The minimum atomic E-state index is -0.124. The van der Waals surface area contributed by atoms with E-state index in [1.165, 1.54) is 0 Å². The lowest BCUT2D eigenvalue weighted by Gasteiger charge is -2.34. The summed E-state index contributed by atoms with van der Waals surface area (Å²) < 4.78 is 0. The van der Waals surface area contributed by atoms with Gasteiger partial charge in [0, 0.05) is 19.0 Å². The summed E-state index contributed by atoms with van der Waals surface area (Å²) in [6, 6.07) is -0.124. The largest absolute Gasteiger partial charge is 0.353 e. The third kappa shape index (κ3) is 3.02. The highest BCUT2D eigenvalue weighted by Gasteiger charge is 2.29. The van der Waals surface area contributed by atoms with Crippen LogP contribution >= 0.6 is 0 Å². The Labute approximate surface area is 91.0 Å². The molecule has 1 N–H and O–H groups in total. The van der Waals surface area contributed by atoms with Crippen molar-refractivity contribution in [1.29, 1.82) is 0 Å². The second kappa shape index (κ2) is 5.26. The van der Waals surface area contributed by atoms with Gasteiger partial charge in [-0.2, -0.15) is 0 Å². The van der Waals surface area contributed by atoms with Crippen molar-refractivity contribution in [3.8, 4) is 0 Å². The molecule has 1 atom stereocenters. The van der Waals surface area contributed by atoms with E-state index in [4.69, 9.17) is 0 Å². The molecule has 0 aliphatic carbocycles. The molecule has 0 spiro atoms. The number of rotatable bonds is 4. The number of nitrogens with zero attached hydrogens (tertiary/aromatic N) is 1. The Morgan fingerprint density at radius 2 is 2.27 bits per heavy atom. The van der Waals surface area contributed by atoms with Crippen molar-refractivity contribution in [2.24, 2.45) is 5.92 Å². The van der Waals surface area contributed by atoms with E-state index in [0.29, 0.717) is 13.1 Å². The lowest BCUT2D eigenvalue weighted by Crippen LogP contribution is -2.56. The van der Waals surface area contributed by atoms with Crippen LogP contribution in [0.3, 0.4) is 0 Å². The van der Waals surface area contributed by atoms with E-state index in [9.17, 15) is 9.59 Å². The second-order valence-corrected chi connectivity index (χ2v) is 4.31. The molecule has 0 radical (unpaired) electrons. The van der Waals surface area contributed by atoms with Gasteiger partial charge in [0.15, 0.2) is 0 Å². The van der Waals surface area contributed by atoms with Gasteiger partial charge in [-0.25, -0.2) is 0 Å². The SMILES string of the molecule is CCC1C(=O)NCCN1CC(=O)C(C)C. The summed E-state index contributed by atoms with van der Waals surface area (Å²) in [6.07, 6.45) is 0.761. The minimum Gasteiger partial charge on any atom is -0.353 e. The molecule has 15 heavy (non-hydrogen) atoms. The number of amides is 1. The van der Waals surface area contributed by atoms with Crippen molar-refractivity contribution in [2.75, 3.05) is 19.6 Å². The van der Waals surface area contributed by atoms with Crippen LogP contribution in [0.2, 0.25) is 0 Å². The number of carbonyl (C=O) groups excluding carboxylic acids is 2. The van der Waals surface area contributed by atoms with Gasteiger partial charge in [0.25, 0.3) is 0 Å². The quantitative estimate of drug-likeness (QED) is 0.735. The molecule has 1 heterocycles. The fraction of sp³-hybridized carbons (Fsp3) is 0.818. The Hall–Kier alpha value is -0.900. The van der Waals surface area contributed by atoms with Crippen molar-refractivity contribution in [3.63, 3.8) is 0 Å². The van der Waals surface area contributed by atoms with Crippen LogP contribution < -0.4 is 5.32 Å². The third-order valence-electron chi connectivity index (χ3n) is 2.83. The fourth-order valence-electron chi connectivity index (χ4n) is 1.78. The van der Waals surface area contributed by atoms with Gasteiger partial charge in [0.2, 0.25) is 5.91 Å². The maximum absolute atomic E-state index is 11.6. The van der Waals surface area contributed by atoms with Gasteiger partial charge < -0.3 is 5.32 Å². The van der Waals surface area contributed by atoms with E-state index in [-0.39, 0.29) is 23.7 Å². The van der Waals surface area contributed by atoms with Gasteiger partial charge in [-0.1, -0.05) is 20.8 Å². The van der Waals surface area contributed by atoms with E-state index in [2.05, 4.69) is 5.32 Å². The average molecular weight is 212 g/mol. The summed E-state index contributed by atoms with van der Waals surface area (Å²) in [7, 11) is 0. The molecule has 1 fully saturated rings. The minimum absolute atomic E-state index is 0.0486. The summed E-state index contributed by atoms with van der Waals surface area (Å²) in [5.74, 6) is 0.316. The first-order valence-electron chi connectivity index (χ1n) is 5.60. The Balaban J connectivity index is 2.58. The van der Waals surface area contributed by atoms with Crippen LogP contribution in [0, 0.1) is 5.92 Å². The number of nitrogens with one attached hydrogen (secondary N) is 1. The fourth-order valence-corrected chi connectivity index (χ4v) is 1.78. The van der Waals surface area contributed by atoms with Crippen molar-refractivity contribution in [3.05, 3.63) is 0 Å². The van der Waals surface area contributed by atoms with Gasteiger partial charge in [-0.3, -0.25) is 14.5 Å². The lowest BCUT2D eigenvalue weighted by molar-refractivity contribution is -0.131. The van der Waals surface area contributed by atoms with Gasteiger partial charge in [0.05, 0.1) is 12.6 Å². The smallest absolute Gasteiger partial charge is 0.237 e. The topological polar surface area (TPSA) is 49.4 Å². The predicted molar refractivity (Wildman–Crippen MR) is 58.5 cm³/mol. The molecule has 1 amide bonds. The van der Waals surface area contributed by atoms with Crippen molar-refractivity contribution in [2.45, 2.75) is 33.2 Å². The highest BCUT2D eigenvalue weighted by atomic mass is 16.2. The molecule has 0 aromatic rings. The zero-order valence-corrected chi connectivity index (χ0v) is 9.75. The number of ketones is 1. The highest BCUT2D eigenvalue weighted by molar-refractivity contribution is 5.85. The maximum Gasteiger partial charge on any atom is 0.237 e. The van der Waals surface area contributed by atoms with Crippen LogP contribution in [-0.4, -0.2) is 42.3 Å². The Kier molecular flexibility index (Phi) is 4.27. The van der Waals surface area contributed by atoms with Crippen LogP contribution in [0.5, 0.6) is 0 Å². The molecule has 86 valence electrons. The zero-order chi connectivity index (χ0) is 11.4. The van der Waals surface area contributed by atoms with E-state index in [0.717, 1.165) is 13.0 Å². The van der Waals surface area contributed by atoms with Crippen LogP contribution in [0.25, 0.3) is 0 Å². The summed E-state index contributed by atoms with van der Waals surface area (Å²) in [6.45, 7) is 7.61. The van der Waals surface area contributed by atoms with Crippen LogP contribution in [-0.2, 0) is 9.59 Å². The van der Waals surface area contributed by atoms with Crippen LogP contribution in [0.1, 0.15) is 27.2 Å².